The van der Waals surface area contributed by atoms with Crippen LogP contribution in [0.4, 0.5) is 0 Å². The second-order valence-corrected chi connectivity index (χ2v) is 4.32. The van der Waals surface area contributed by atoms with Gasteiger partial charge in [0.05, 0.1) is 11.3 Å². The number of carbonyl (C=O) groups is 1. The van der Waals surface area contributed by atoms with Gasteiger partial charge in [0.2, 0.25) is 0 Å². The number of fused-ring (bicyclic) bond motifs is 1. The monoisotopic (exact) mass is 257 g/mol. The average molecular weight is 257 g/mol. The summed E-state index contributed by atoms with van der Waals surface area (Å²) in [5.74, 6) is -0.994. The highest BCUT2D eigenvalue weighted by Gasteiger charge is 2.13. The van der Waals surface area contributed by atoms with Crippen LogP contribution >= 0.6 is 0 Å². The van der Waals surface area contributed by atoms with E-state index in [0.29, 0.717) is 17.1 Å². The summed E-state index contributed by atoms with van der Waals surface area (Å²) < 4.78 is 7.16. The molecule has 1 aromatic carbocycles. The average Bonchev–Trinajstić information content (AvgIpc) is 2.90. The van der Waals surface area contributed by atoms with E-state index in [0.717, 1.165) is 11.4 Å². The van der Waals surface area contributed by atoms with E-state index >= 15 is 0 Å². The molecule has 0 spiro atoms. The maximum Gasteiger partial charge on any atom is 0.335 e. The van der Waals surface area contributed by atoms with Crippen LogP contribution in [-0.2, 0) is 0 Å². The Kier molecular flexibility index (Phi) is 2.38. The third-order valence-corrected chi connectivity index (χ3v) is 2.81. The van der Waals surface area contributed by atoms with Gasteiger partial charge in [-0.05, 0) is 38.1 Å². The van der Waals surface area contributed by atoms with Crippen molar-refractivity contribution in [3.05, 3.63) is 41.2 Å². The molecule has 6 heteroatoms. The topological polar surface area (TPSA) is 81.2 Å². The molecule has 2 heterocycles. The largest absolute Gasteiger partial charge is 0.478 e. The minimum atomic E-state index is -0.994. The molecule has 0 unspecified atom stereocenters. The van der Waals surface area contributed by atoms with Gasteiger partial charge in [0.15, 0.2) is 5.58 Å². The molecule has 0 aliphatic rings. The maximum atomic E-state index is 10.9. The third-order valence-electron chi connectivity index (χ3n) is 2.81. The standard InChI is InChI=1S/C13H11N3O3/c1-7-5-8(2)16(15-7)13-14-10-4-3-9(12(17)18)6-11(10)19-13/h3-6H,1-2H3,(H,17,18). The van der Waals surface area contributed by atoms with Gasteiger partial charge in [0.25, 0.3) is 0 Å². The molecule has 0 atom stereocenters. The maximum absolute atomic E-state index is 10.9. The molecule has 1 N–H and O–H groups in total. The zero-order valence-electron chi connectivity index (χ0n) is 10.4. The molecule has 19 heavy (non-hydrogen) atoms. The van der Waals surface area contributed by atoms with Gasteiger partial charge >= 0.3 is 12.0 Å². The number of aryl methyl sites for hydroxylation is 2. The van der Waals surface area contributed by atoms with Crippen LogP contribution in [0.5, 0.6) is 0 Å². The molecule has 96 valence electrons. The summed E-state index contributed by atoms with van der Waals surface area (Å²) in [7, 11) is 0. The number of nitrogens with zero attached hydrogens (tertiary/aromatic N) is 3. The van der Waals surface area contributed by atoms with E-state index in [9.17, 15) is 4.79 Å². The van der Waals surface area contributed by atoms with Crippen LogP contribution < -0.4 is 0 Å². The normalized spacial score (nSPS) is 11.1. The van der Waals surface area contributed by atoms with Crippen LogP contribution in [0, 0.1) is 13.8 Å². The summed E-state index contributed by atoms with van der Waals surface area (Å²) in [6, 6.07) is 6.83. The Hall–Kier alpha value is -2.63. The Balaban J connectivity index is 2.16. The van der Waals surface area contributed by atoms with Crippen molar-refractivity contribution in [2.24, 2.45) is 0 Å². The zero-order valence-corrected chi connectivity index (χ0v) is 10.4. The Bertz CT molecular complexity index is 786. The van der Waals surface area contributed by atoms with E-state index in [-0.39, 0.29) is 5.56 Å². The van der Waals surface area contributed by atoms with Crippen LogP contribution in [0.15, 0.2) is 28.7 Å². The van der Waals surface area contributed by atoms with Crippen molar-refractivity contribution in [2.45, 2.75) is 13.8 Å². The number of oxazole rings is 1. The van der Waals surface area contributed by atoms with Crippen molar-refractivity contribution in [3.63, 3.8) is 0 Å². The minimum Gasteiger partial charge on any atom is -0.478 e. The minimum absolute atomic E-state index is 0.170. The predicted molar refractivity (Wildman–Crippen MR) is 67.6 cm³/mol. The van der Waals surface area contributed by atoms with Gasteiger partial charge in [-0.15, -0.1) is 0 Å². The van der Waals surface area contributed by atoms with E-state index in [1.165, 1.54) is 12.1 Å². The van der Waals surface area contributed by atoms with E-state index in [1.54, 1.807) is 10.7 Å². The first-order chi connectivity index (χ1) is 9.04. The number of rotatable bonds is 2. The van der Waals surface area contributed by atoms with E-state index in [1.807, 2.05) is 19.9 Å². The molecule has 6 nitrogen and oxygen atoms in total. The van der Waals surface area contributed by atoms with Crippen molar-refractivity contribution >= 4 is 17.1 Å². The highest BCUT2D eigenvalue weighted by atomic mass is 16.4. The Morgan fingerprint density at radius 1 is 1.32 bits per heavy atom. The first kappa shape index (κ1) is 11.5. The number of aromatic nitrogens is 3. The van der Waals surface area contributed by atoms with Crippen molar-refractivity contribution in [1.29, 1.82) is 0 Å². The van der Waals surface area contributed by atoms with Gasteiger partial charge in [-0.1, -0.05) is 0 Å². The highest BCUT2D eigenvalue weighted by Crippen LogP contribution is 2.20. The lowest BCUT2D eigenvalue weighted by atomic mass is 10.2. The van der Waals surface area contributed by atoms with Crippen molar-refractivity contribution in [2.75, 3.05) is 0 Å². The number of carboxylic acids is 1. The molecule has 0 saturated carbocycles. The molecule has 2 aromatic heterocycles. The van der Waals surface area contributed by atoms with Gasteiger partial charge in [-0.3, -0.25) is 0 Å². The van der Waals surface area contributed by atoms with Crippen LogP contribution in [0.3, 0.4) is 0 Å². The Morgan fingerprint density at radius 3 is 2.74 bits per heavy atom. The predicted octanol–water partition coefficient (Wildman–Crippen LogP) is 2.33. The van der Waals surface area contributed by atoms with Crippen LogP contribution in [-0.4, -0.2) is 25.8 Å². The van der Waals surface area contributed by atoms with E-state index in [4.69, 9.17) is 9.52 Å². The summed E-state index contributed by atoms with van der Waals surface area (Å²) >= 11 is 0. The van der Waals surface area contributed by atoms with Crippen molar-refractivity contribution in [1.82, 2.24) is 14.8 Å². The van der Waals surface area contributed by atoms with Gasteiger partial charge < -0.3 is 9.52 Å². The Morgan fingerprint density at radius 2 is 2.11 bits per heavy atom. The highest BCUT2D eigenvalue weighted by molar-refractivity contribution is 5.91. The molecule has 0 aliphatic carbocycles. The number of aromatic carboxylic acids is 1. The Labute approximate surface area is 108 Å². The van der Waals surface area contributed by atoms with Gasteiger partial charge in [0, 0.05) is 5.69 Å². The lowest BCUT2D eigenvalue weighted by Gasteiger charge is -1.95. The SMILES string of the molecule is Cc1cc(C)n(-c2nc3ccc(C(=O)O)cc3o2)n1. The molecule has 3 rings (SSSR count). The smallest absolute Gasteiger partial charge is 0.335 e. The van der Waals surface area contributed by atoms with Crippen LogP contribution in [0.25, 0.3) is 17.1 Å². The second-order valence-electron chi connectivity index (χ2n) is 4.32. The van der Waals surface area contributed by atoms with Crippen LogP contribution in [0.1, 0.15) is 21.7 Å². The van der Waals surface area contributed by atoms with Crippen molar-refractivity contribution in [3.8, 4) is 6.01 Å². The number of benzene rings is 1. The number of hydrogen-bond acceptors (Lipinski definition) is 4. The summed E-state index contributed by atoms with van der Waals surface area (Å²) in [6.45, 7) is 3.78. The lowest BCUT2D eigenvalue weighted by Crippen LogP contribution is -1.98. The summed E-state index contributed by atoms with van der Waals surface area (Å²) in [5, 5.41) is 13.2. The first-order valence-corrected chi connectivity index (χ1v) is 5.72. The molecular formula is C13H11N3O3. The summed E-state index contributed by atoms with van der Waals surface area (Å²) in [4.78, 5) is 15.2. The van der Waals surface area contributed by atoms with Crippen LogP contribution in [0.2, 0.25) is 0 Å². The van der Waals surface area contributed by atoms with Gasteiger partial charge in [0.1, 0.15) is 5.52 Å². The van der Waals surface area contributed by atoms with E-state index in [2.05, 4.69) is 10.1 Å². The van der Waals surface area contributed by atoms with E-state index < -0.39 is 5.97 Å². The fourth-order valence-electron chi connectivity index (χ4n) is 1.96. The summed E-state index contributed by atoms with van der Waals surface area (Å²) in [5.41, 5.74) is 2.98. The lowest BCUT2D eigenvalue weighted by molar-refractivity contribution is 0.0697. The molecule has 3 aromatic rings. The van der Waals surface area contributed by atoms with Gasteiger partial charge in [-0.2, -0.15) is 14.8 Å². The fourth-order valence-corrected chi connectivity index (χ4v) is 1.96. The first-order valence-electron chi connectivity index (χ1n) is 5.72. The number of carboxylic acid groups (broad SMARTS) is 1. The molecule has 0 fully saturated rings. The quantitative estimate of drug-likeness (QED) is 0.762. The molecule has 0 aliphatic heterocycles. The summed E-state index contributed by atoms with van der Waals surface area (Å²) in [6.07, 6.45) is 0. The molecule has 0 radical (unpaired) electrons. The molecular weight excluding hydrogens is 246 g/mol. The second kappa shape index (κ2) is 3.94. The third kappa shape index (κ3) is 1.87. The fraction of sp³-hybridized carbons (Fsp3) is 0.154. The van der Waals surface area contributed by atoms with Crippen molar-refractivity contribution < 1.29 is 14.3 Å². The molecule has 0 amide bonds. The molecule has 0 saturated heterocycles. The zero-order chi connectivity index (χ0) is 13.6. The number of hydrogen-bond donors (Lipinski definition) is 1. The molecule has 0 bridgehead atoms. The van der Waals surface area contributed by atoms with Gasteiger partial charge in [-0.25, -0.2) is 4.79 Å².